The maximum Gasteiger partial charge on any atom is 0.126 e. The Bertz CT molecular complexity index is 570. The van der Waals surface area contributed by atoms with E-state index in [1.165, 1.54) is 18.2 Å². The Hall–Kier alpha value is -1.78. The fourth-order valence-corrected chi connectivity index (χ4v) is 2.00. The van der Waals surface area contributed by atoms with Crippen molar-refractivity contribution in [2.45, 2.75) is 19.4 Å². The Labute approximate surface area is 111 Å². The third kappa shape index (κ3) is 3.36. The van der Waals surface area contributed by atoms with Crippen molar-refractivity contribution in [2.24, 2.45) is 5.84 Å². The van der Waals surface area contributed by atoms with Crippen LogP contribution in [0.4, 0.5) is 8.78 Å². The van der Waals surface area contributed by atoms with Crippen molar-refractivity contribution >= 4 is 0 Å². The molecule has 0 saturated carbocycles. The maximum atomic E-state index is 13.6. The summed E-state index contributed by atoms with van der Waals surface area (Å²) in [5.41, 5.74) is 4.79. The van der Waals surface area contributed by atoms with E-state index in [0.29, 0.717) is 12.0 Å². The smallest absolute Gasteiger partial charge is 0.126 e. The van der Waals surface area contributed by atoms with Crippen molar-refractivity contribution in [3.8, 4) is 0 Å². The Morgan fingerprint density at radius 1 is 1.16 bits per heavy atom. The summed E-state index contributed by atoms with van der Waals surface area (Å²) in [7, 11) is 0. The first-order valence-electron chi connectivity index (χ1n) is 6.07. The number of aryl methyl sites for hydroxylation is 1. The van der Waals surface area contributed by atoms with E-state index in [0.717, 1.165) is 11.1 Å². The molecule has 0 bridgehead atoms. The molecular formula is C15H16F2N2. The number of nitrogens with one attached hydrogen (secondary N) is 1. The van der Waals surface area contributed by atoms with E-state index in [-0.39, 0.29) is 17.7 Å². The lowest BCUT2D eigenvalue weighted by Gasteiger charge is -2.17. The number of nitrogens with two attached hydrogens (primary N) is 1. The largest absolute Gasteiger partial charge is 0.271 e. The van der Waals surface area contributed by atoms with Gasteiger partial charge in [0.25, 0.3) is 0 Å². The molecule has 0 saturated heterocycles. The summed E-state index contributed by atoms with van der Waals surface area (Å²) in [5.74, 6) is 4.96. The third-order valence-electron chi connectivity index (χ3n) is 3.13. The van der Waals surface area contributed by atoms with E-state index in [2.05, 4.69) is 5.43 Å². The summed E-state index contributed by atoms with van der Waals surface area (Å²) in [6, 6.07) is 11.0. The second-order valence-electron chi connectivity index (χ2n) is 4.56. The minimum atomic E-state index is -0.289. The zero-order valence-corrected chi connectivity index (χ0v) is 10.7. The Kier molecular flexibility index (Phi) is 4.24. The molecule has 0 aliphatic rings. The first-order valence-corrected chi connectivity index (χ1v) is 6.07. The van der Waals surface area contributed by atoms with Crippen molar-refractivity contribution in [1.82, 2.24) is 5.43 Å². The molecule has 0 heterocycles. The summed E-state index contributed by atoms with van der Waals surface area (Å²) in [6.07, 6.45) is 0.497. The predicted molar refractivity (Wildman–Crippen MR) is 71.3 cm³/mol. The molecule has 2 rings (SSSR count). The molecule has 2 nitrogen and oxygen atoms in total. The maximum absolute atomic E-state index is 13.6. The second-order valence-corrected chi connectivity index (χ2v) is 4.56. The summed E-state index contributed by atoms with van der Waals surface area (Å²) < 4.78 is 26.7. The van der Waals surface area contributed by atoms with Gasteiger partial charge in [-0.15, -0.1) is 0 Å². The van der Waals surface area contributed by atoms with Gasteiger partial charge in [0.2, 0.25) is 0 Å². The number of hydrogen-bond donors (Lipinski definition) is 2. The van der Waals surface area contributed by atoms with Gasteiger partial charge < -0.3 is 0 Å². The Morgan fingerprint density at radius 2 is 1.95 bits per heavy atom. The normalized spacial score (nSPS) is 12.4. The molecule has 2 aromatic rings. The van der Waals surface area contributed by atoms with Gasteiger partial charge in [-0.3, -0.25) is 11.3 Å². The van der Waals surface area contributed by atoms with Gasteiger partial charge in [-0.05, 0) is 48.2 Å². The van der Waals surface area contributed by atoms with Crippen molar-refractivity contribution in [1.29, 1.82) is 0 Å². The van der Waals surface area contributed by atoms with Crippen molar-refractivity contribution in [3.63, 3.8) is 0 Å². The van der Waals surface area contributed by atoms with Gasteiger partial charge in [-0.1, -0.05) is 24.3 Å². The number of hydrazine groups is 1. The average molecular weight is 262 g/mol. The monoisotopic (exact) mass is 262 g/mol. The molecule has 0 spiro atoms. The van der Waals surface area contributed by atoms with Gasteiger partial charge >= 0.3 is 0 Å². The van der Waals surface area contributed by atoms with Crippen LogP contribution in [-0.4, -0.2) is 0 Å². The second kappa shape index (κ2) is 5.91. The molecule has 4 heteroatoms. The van der Waals surface area contributed by atoms with Crippen LogP contribution in [-0.2, 0) is 6.42 Å². The van der Waals surface area contributed by atoms with Crippen LogP contribution in [0.25, 0.3) is 0 Å². The van der Waals surface area contributed by atoms with Gasteiger partial charge in [0.1, 0.15) is 11.6 Å². The van der Waals surface area contributed by atoms with E-state index in [1.54, 1.807) is 19.1 Å². The fraction of sp³-hybridized carbons (Fsp3) is 0.200. The molecule has 0 fully saturated rings. The summed E-state index contributed by atoms with van der Waals surface area (Å²) in [6.45, 7) is 1.70. The molecular weight excluding hydrogens is 246 g/mol. The van der Waals surface area contributed by atoms with Gasteiger partial charge in [0.15, 0.2) is 0 Å². The van der Waals surface area contributed by atoms with Crippen LogP contribution in [0.2, 0.25) is 0 Å². The minimum absolute atomic E-state index is 0.253. The van der Waals surface area contributed by atoms with Gasteiger partial charge in [0, 0.05) is 0 Å². The third-order valence-corrected chi connectivity index (χ3v) is 3.13. The van der Waals surface area contributed by atoms with E-state index in [4.69, 9.17) is 5.84 Å². The minimum Gasteiger partial charge on any atom is -0.271 e. The van der Waals surface area contributed by atoms with Crippen molar-refractivity contribution in [3.05, 3.63) is 70.8 Å². The van der Waals surface area contributed by atoms with Crippen molar-refractivity contribution in [2.75, 3.05) is 0 Å². The first-order chi connectivity index (χ1) is 9.10. The standard InChI is InChI=1S/C15H16F2N2/c1-10-5-6-12(9-14(10)17)15(19-18)8-11-3-2-4-13(16)7-11/h2-7,9,15,19H,8,18H2,1H3. The summed E-state index contributed by atoms with van der Waals surface area (Å²) >= 11 is 0. The van der Waals surface area contributed by atoms with Gasteiger partial charge in [0.05, 0.1) is 6.04 Å². The van der Waals surface area contributed by atoms with Crippen LogP contribution in [0.1, 0.15) is 22.7 Å². The van der Waals surface area contributed by atoms with E-state index in [9.17, 15) is 8.78 Å². The van der Waals surface area contributed by atoms with Gasteiger partial charge in [-0.2, -0.15) is 0 Å². The molecule has 0 amide bonds. The predicted octanol–water partition coefficient (Wildman–Crippen LogP) is 3.02. The van der Waals surface area contributed by atoms with Crippen LogP contribution in [0.15, 0.2) is 42.5 Å². The molecule has 0 aromatic heterocycles. The highest BCUT2D eigenvalue weighted by Gasteiger charge is 2.12. The average Bonchev–Trinajstić information content (AvgIpc) is 2.39. The Balaban J connectivity index is 2.22. The zero-order valence-electron chi connectivity index (χ0n) is 10.7. The topological polar surface area (TPSA) is 38.0 Å². The number of rotatable bonds is 4. The van der Waals surface area contributed by atoms with Crippen LogP contribution in [0.3, 0.4) is 0 Å². The number of hydrogen-bond acceptors (Lipinski definition) is 2. The molecule has 0 aliphatic heterocycles. The Morgan fingerprint density at radius 3 is 2.58 bits per heavy atom. The molecule has 1 atom stereocenters. The van der Waals surface area contributed by atoms with E-state index < -0.39 is 0 Å². The first kappa shape index (κ1) is 13.6. The lowest BCUT2D eigenvalue weighted by Crippen LogP contribution is -2.29. The van der Waals surface area contributed by atoms with Crippen LogP contribution in [0.5, 0.6) is 0 Å². The van der Waals surface area contributed by atoms with Crippen LogP contribution < -0.4 is 11.3 Å². The molecule has 100 valence electrons. The number of benzene rings is 2. The molecule has 3 N–H and O–H groups in total. The summed E-state index contributed by atoms with van der Waals surface area (Å²) in [4.78, 5) is 0. The lowest BCUT2D eigenvalue weighted by atomic mass is 9.98. The summed E-state index contributed by atoms with van der Waals surface area (Å²) in [5, 5.41) is 0. The molecule has 0 radical (unpaired) electrons. The van der Waals surface area contributed by atoms with E-state index >= 15 is 0 Å². The highest BCUT2D eigenvalue weighted by Crippen LogP contribution is 2.20. The SMILES string of the molecule is Cc1ccc(C(Cc2cccc(F)c2)NN)cc1F. The lowest BCUT2D eigenvalue weighted by molar-refractivity contribution is 0.540. The quantitative estimate of drug-likeness (QED) is 0.656. The zero-order chi connectivity index (χ0) is 13.8. The molecule has 0 aliphatic carbocycles. The molecule has 2 aromatic carbocycles. The van der Waals surface area contributed by atoms with Crippen LogP contribution in [0, 0.1) is 18.6 Å². The molecule has 1 unspecified atom stereocenters. The number of halogens is 2. The van der Waals surface area contributed by atoms with Crippen LogP contribution >= 0.6 is 0 Å². The van der Waals surface area contributed by atoms with Crippen molar-refractivity contribution < 1.29 is 8.78 Å². The van der Waals surface area contributed by atoms with Gasteiger partial charge in [-0.25, -0.2) is 8.78 Å². The fourth-order valence-electron chi connectivity index (χ4n) is 2.00. The molecule has 19 heavy (non-hydrogen) atoms. The highest BCUT2D eigenvalue weighted by atomic mass is 19.1. The highest BCUT2D eigenvalue weighted by molar-refractivity contribution is 5.28. The van der Waals surface area contributed by atoms with E-state index in [1.807, 2.05) is 12.1 Å².